The lowest BCUT2D eigenvalue weighted by Crippen LogP contribution is -2.43. The maximum atomic E-state index is 12.9. The number of ether oxygens (including phenoxy) is 2. The van der Waals surface area contributed by atoms with E-state index >= 15 is 0 Å². The fraction of sp³-hybridized carbons (Fsp3) is 0.286. The number of rotatable bonds is 7. The molecule has 0 aromatic heterocycles. The molecular formula is C21H23N3O5. The van der Waals surface area contributed by atoms with Gasteiger partial charge in [0.2, 0.25) is 5.91 Å². The lowest BCUT2D eigenvalue weighted by atomic mass is 9.92. The Kier molecular flexibility index (Phi) is 5.72. The zero-order chi connectivity index (χ0) is 21.0. The third-order valence-corrected chi connectivity index (χ3v) is 4.91. The fourth-order valence-electron chi connectivity index (χ4n) is 3.20. The first-order chi connectivity index (χ1) is 13.9. The molecule has 8 nitrogen and oxygen atoms in total. The molecule has 2 aromatic rings. The Morgan fingerprint density at radius 3 is 2.41 bits per heavy atom. The van der Waals surface area contributed by atoms with Crippen molar-refractivity contribution >= 4 is 17.8 Å². The summed E-state index contributed by atoms with van der Waals surface area (Å²) in [6.07, 6.45) is 0. The Morgan fingerprint density at radius 1 is 1.07 bits per heavy atom. The second-order valence-electron chi connectivity index (χ2n) is 6.76. The van der Waals surface area contributed by atoms with Gasteiger partial charge in [0.1, 0.15) is 23.6 Å². The monoisotopic (exact) mass is 397 g/mol. The number of benzene rings is 2. The van der Waals surface area contributed by atoms with Crippen LogP contribution in [0, 0.1) is 0 Å². The van der Waals surface area contributed by atoms with E-state index < -0.39 is 23.4 Å². The highest BCUT2D eigenvalue weighted by Gasteiger charge is 2.49. The molecule has 1 fully saturated rings. The van der Waals surface area contributed by atoms with Crippen LogP contribution in [0.5, 0.6) is 11.5 Å². The maximum Gasteiger partial charge on any atom is 0.325 e. The van der Waals surface area contributed by atoms with E-state index in [9.17, 15) is 14.4 Å². The fourth-order valence-corrected chi connectivity index (χ4v) is 3.20. The number of carbonyl (C=O) groups is 3. The molecule has 0 aliphatic carbocycles. The van der Waals surface area contributed by atoms with Crippen LogP contribution in [0.2, 0.25) is 0 Å². The molecule has 1 heterocycles. The first-order valence-electron chi connectivity index (χ1n) is 9.06. The average Bonchev–Trinajstić information content (AvgIpc) is 2.96. The van der Waals surface area contributed by atoms with Crippen LogP contribution >= 0.6 is 0 Å². The van der Waals surface area contributed by atoms with Crippen molar-refractivity contribution < 1.29 is 23.9 Å². The molecule has 1 unspecified atom stereocenters. The van der Waals surface area contributed by atoms with E-state index in [-0.39, 0.29) is 13.1 Å². The highest BCUT2D eigenvalue weighted by Crippen LogP contribution is 2.29. The molecule has 152 valence electrons. The van der Waals surface area contributed by atoms with Gasteiger partial charge in [-0.2, -0.15) is 0 Å². The molecule has 0 radical (unpaired) electrons. The Bertz CT molecular complexity index is 928. The summed E-state index contributed by atoms with van der Waals surface area (Å²) in [5.41, 5.74) is 0.156. The first kappa shape index (κ1) is 20.2. The number of carbonyl (C=O) groups excluding carboxylic acids is 3. The SMILES string of the molecule is COc1ccc(C2(C)NC(=O)N(CC(=O)NCc3ccccc3OC)C2=O)cc1. The van der Waals surface area contributed by atoms with Crippen molar-refractivity contribution in [1.29, 1.82) is 0 Å². The molecule has 0 bridgehead atoms. The van der Waals surface area contributed by atoms with Crippen LogP contribution in [0.1, 0.15) is 18.1 Å². The van der Waals surface area contributed by atoms with Crippen molar-refractivity contribution in [3.63, 3.8) is 0 Å². The minimum Gasteiger partial charge on any atom is -0.497 e. The van der Waals surface area contributed by atoms with E-state index in [2.05, 4.69) is 10.6 Å². The summed E-state index contributed by atoms with van der Waals surface area (Å²) < 4.78 is 10.4. The number of urea groups is 1. The molecule has 1 aliphatic heterocycles. The second-order valence-corrected chi connectivity index (χ2v) is 6.76. The smallest absolute Gasteiger partial charge is 0.325 e. The van der Waals surface area contributed by atoms with Crippen molar-refractivity contribution in [3.8, 4) is 11.5 Å². The summed E-state index contributed by atoms with van der Waals surface area (Å²) >= 11 is 0. The molecule has 0 spiro atoms. The lowest BCUT2D eigenvalue weighted by molar-refractivity contribution is -0.134. The number of para-hydroxylation sites is 1. The summed E-state index contributed by atoms with van der Waals surface area (Å²) in [5.74, 6) is 0.357. The minimum absolute atomic E-state index is 0.224. The number of amides is 4. The van der Waals surface area contributed by atoms with Crippen LogP contribution < -0.4 is 20.1 Å². The molecule has 2 N–H and O–H groups in total. The molecule has 29 heavy (non-hydrogen) atoms. The van der Waals surface area contributed by atoms with Crippen molar-refractivity contribution in [3.05, 3.63) is 59.7 Å². The van der Waals surface area contributed by atoms with Gasteiger partial charge < -0.3 is 20.1 Å². The molecule has 2 aromatic carbocycles. The molecule has 1 saturated heterocycles. The van der Waals surface area contributed by atoms with Gasteiger partial charge in [0.15, 0.2) is 0 Å². The standard InChI is InChI=1S/C21H23N3O5/c1-21(15-8-10-16(28-2)11-9-15)19(26)24(20(27)23-21)13-18(25)22-12-14-6-4-5-7-17(14)29-3/h4-11H,12-13H2,1-3H3,(H,22,25)(H,23,27). The van der Waals surface area contributed by atoms with Gasteiger partial charge in [0.05, 0.1) is 14.2 Å². The molecule has 4 amide bonds. The predicted octanol–water partition coefficient (Wildman–Crippen LogP) is 1.79. The Balaban J connectivity index is 1.67. The summed E-state index contributed by atoms with van der Waals surface area (Å²) in [6, 6.07) is 13.5. The lowest BCUT2D eigenvalue weighted by Gasteiger charge is -2.22. The minimum atomic E-state index is -1.24. The highest BCUT2D eigenvalue weighted by atomic mass is 16.5. The predicted molar refractivity (Wildman–Crippen MR) is 105 cm³/mol. The normalized spacial score (nSPS) is 18.4. The maximum absolute atomic E-state index is 12.9. The van der Waals surface area contributed by atoms with Crippen LogP contribution in [0.4, 0.5) is 4.79 Å². The third kappa shape index (κ3) is 4.01. The summed E-state index contributed by atoms with van der Waals surface area (Å²) in [5, 5.41) is 5.39. The summed E-state index contributed by atoms with van der Waals surface area (Å²) in [4.78, 5) is 38.6. The van der Waals surface area contributed by atoms with Gasteiger partial charge in [-0.05, 0) is 30.7 Å². The Hall–Kier alpha value is -3.55. The van der Waals surface area contributed by atoms with Crippen molar-refractivity contribution in [2.45, 2.75) is 19.0 Å². The molecule has 0 saturated carbocycles. The number of hydrogen-bond acceptors (Lipinski definition) is 5. The van der Waals surface area contributed by atoms with Crippen LogP contribution in [0.25, 0.3) is 0 Å². The third-order valence-electron chi connectivity index (χ3n) is 4.91. The van der Waals surface area contributed by atoms with Crippen LogP contribution in [-0.4, -0.2) is 43.5 Å². The van der Waals surface area contributed by atoms with E-state index in [0.717, 1.165) is 10.5 Å². The second kappa shape index (κ2) is 8.22. The highest BCUT2D eigenvalue weighted by molar-refractivity contribution is 6.09. The number of imide groups is 1. The van der Waals surface area contributed by atoms with Gasteiger partial charge in [-0.25, -0.2) is 4.79 Å². The average molecular weight is 397 g/mol. The van der Waals surface area contributed by atoms with Crippen molar-refractivity contribution in [2.75, 3.05) is 20.8 Å². The van der Waals surface area contributed by atoms with Crippen molar-refractivity contribution in [1.82, 2.24) is 15.5 Å². The summed E-state index contributed by atoms with van der Waals surface area (Å²) in [6.45, 7) is 1.47. The largest absolute Gasteiger partial charge is 0.497 e. The van der Waals surface area contributed by atoms with E-state index in [1.54, 1.807) is 51.5 Å². The van der Waals surface area contributed by atoms with E-state index in [0.29, 0.717) is 17.1 Å². The Morgan fingerprint density at radius 2 is 1.76 bits per heavy atom. The molecule has 8 heteroatoms. The van der Waals surface area contributed by atoms with Gasteiger partial charge in [-0.3, -0.25) is 14.5 Å². The van der Waals surface area contributed by atoms with Crippen LogP contribution in [0.3, 0.4) is 0 Å². The molecule has 3 rings (SSSR count). The van der Waals surface area contributed by atoms with Gasteiger partial charge >= 0.3 is 6.03 Å². The number of methoxy groups -OCH3 is 2. The number of nitrogens with one attached hydrogen (secondary N) is 2. The van der Waals surface area contributed by atoms with Crippen LogP contribution in [0.15, 0.2) is 48.5 Å². The zero-order valence-corrected chi connectivity index (χ0v) is 16.5. The van der Waals surface area contributed by atoms with Gasteiger partial charge in [0.25, 0.3) is 5.91 Å². The van der Waals surface area contributed by atoms with E-state index in [1.807, 2.05) is 18.2 Å². The topological polar surface area (TPSA) is 97.0 Å². The quantitative estimate of drug-likeness (QED) is 0.695. The van der Waals surface area contributed by atoms with E-state index in [4.69, 9.17) is 9.47 Å². The van der Waals surface area contributed by atoms with Gasteiger partial charge in [-0.1, -0.05) is 30.3 Å². The van der Waals surface area contributed by atoms with Crippen molar-refractivity contribution in [2.24, 2.45) is 0 Å². The molecular weight excluding hydrogens is 374 g/mol. The van der Waals surface area contributed by atoms with Crippen LogP contribution in [-0.2, 0) is 21.7 Å². The molecule has 1 aliphatic rings. The van der Waals surface area contributed by atoms with Gasteiger partial charge in [0, 0.05) is 12.1 Å². The molecule has 1 atom stereocenters. The number of nitrogens with zero attached hydrogens (tertiary/aromatic N) is 1. The number of hydrogen-bond donors (Lipinski definition) is 2. The Labute approximate surface area is 168 Å². The van der Waals surface area contributed by atoms with Gasteiger partial charge in [-0.15, -0.1) is 0 Å². The van der Waals surface area contributed by atoms with E-state index in [1.165, 1.54) is 0 Å². The first-order valence-corrected chi connectivity index (χ1v) is 9.06. The summed E-state index contributed by atoms with van der Waals surface area (Å²) in [7, 11) is 3.10. The zero-order valence-electron chi connectivity index (χ0n) is 16.5.